The quantitative estimate of drug-likeness (QED) is 0.901. The van der Waals surface area contributed by atoms with Crippen molar-refractivity contribution in [2.24, 2.45) is 0 Å². The number of benzene rings is 2. The molecule has 122 valence electrons. The van der Waals surface area contributed by atoms with Crippen molar-refractivity contribution < 1.29 is 17.6 Å². The van der Waals surface area contributed by atoms with Gasteiger partial charge in [-0.1, -0.05) is 12.1 Å². The van der Waals surface area contributed by atoms with Gasteiger partial charge in [0, 0.05) is 5.56 Å². The molecular formula is C16H17FN2O3S. The number of anilines is 2. The van der Waals surface area contributed by atoms with E-state index < -0.39 is 21.7 Å². The SMILES string of the molecule is Cc1ccc(F)c(NC(=O)c2ccc(C)c(NS(C)(=O)=O)c2)c1. The number of amides is 1. The molecule has 2 aromatic rings. The Morgan fingerprint density at radius 3 is 2.39 bits per heavy atom. The van der Waals surface area contributed by atoms with E-state index in [2.05, 4.69) is 10.0 Å². The van der Waals surface area contributed by atoms with E-state index in [4.69, 9.17) is 0 Å². The van der Waals surface area contributed by atoms with Crippen LogP contribution in [0.15, 0.2) is 36.4 Å². The molecule has 0 aliphatic rings. The van der Waals surface area contributed by atoms with Crippen molar-refractivity contribution in [1.29, 1.82) is 0 Å². The maximum atomic E-state index is 13.7. The molecule has 0 aliphatic carbocycles. The van der Waals surface area contributed by atoms with E-state index in [1.807, 2.05) is 0 Å². The summed E-state index contributed by atoms with van der Waals surface area (Å²) in [5.74, 6) is -1.06. The summed E-state index contributed by atoms with van der Waals surface area (Å²) in [6.45, 7) is 3.50. The Bertz CT molecular complexity index is 864. The summed E-state index contributed by atoms with van der Waals surface area (Å²) in [5, 5.41) is 2.49. The Balaban J connectivity index is 2.29. The molecule has 23 heavy (non-hydrogen) atoms. The fraction of sp³-hybridized carbons (Fsp3) is 0.188. The average Bonchev–Trinajstić information content (AvgIpc) is 2.43. The number of carbonyl (C=O) groups is 1. The molecule has 0 aliphatic heterocycles. The van der Waals surface area contributed by atoms with Gasteiger partial charge in [0.25, 0.3) is 5.91 Å². The van der Waals surface area contributed by atoms with E-state index in [0.29, 0.717) is 11.3 Å². The third-order valence-electron chi connectivity index (χ3n) is 3.17. The van der Waals surface area contributed by atoms with Crippen molar-refractivity contribution in [2.75, 3.05) is 16.3 Å². The van der Waals surface area contributed by atoms with Gasteiger partial charge in [-0.15, -0.1) is 0 Å². The van der Waals surface area contributed by atoms with Crippen molar-refractivity contribution in [3.8, 4) is 0 Å². The van der Waals surface area contributed by atoms with Crippen molar-refractivity contribution >= 4 is 27.3 Å². The molecule has 0 radical (unpaired) electrons. The first-order valence-corrected chi connectivity index (χ1v) is 8.71. The second-order valence-corrected chi connectivity index (χ2v) is 7.09. The highest BCUT2D eigenvalue weighted by Crippen LogP contribution is 2.20. The molecule has 5 nitrogen and oxygen atoms in total. The molecule has 0 aromatic heterocycles. The second kappa shape index (κ2) is 6.37. The van der Waals surface area contributed by atoms with Crippen LogP contribution in [-0.2, 0) is 10.0 Å². The molecule has 0 saturated heterocycles. The molecule has 0 atom stereocenters. The van der Waals surface area contributed by atoms with Gasteiger partial charge in [0.1, 0.15) is 5.82 Å². The lowest BCUT2D eigenvalue weighted by atomic mass is 10.1. The topological polar surface area (TPSA) is 75.3 Å². The number of halogens is 1. The summed E-state index contributed by atoms with van der Waals surface area (Å²) in [5.41, 5.74) is 2.10. The van der Waals surface area contributed by atoms with E-state index >= 15 is 0 Å². The monoisotopic (exact) mass is 336 g/mol. The Labute approximate surface area is 134 Å². The number of hydrogen-bond acceptors (Lipinski definition) is 3. The maximum Gasteiger partial charge on any atom is 0.255 e. The van der Waals surface area contributed by atoms with Crippen LogP contribution in [0.1, 0.15) is 21.5 Å². The van der Waals surface area contributed by atoms with E-state index in [9.17, 15) is 17.6 Å². The van der Waals surface area contributed by atoms with Gasteiger partial charge in [-0.2, -0.15) is 0 Å². The third-order valence-corrected chi connectivity index (χ3v) is 3.76. The van der Waals surface area contributed by atoms with E-state index in [-0.39, 0.29) is 11.3 Å². The maximum absolute atomic E-state index is 13.7. The number of rotatable bonds is 4. The molecule has 0 bridgehead atoms. The van der Waals surface area contributed by atoms with Crippen molar-refractivity contribution in [3.63, 3.8) is 0 Å². The first-order chi connectivity index (χ1) is 10.7. The van der Waals surface area contributed by atoms with Gasteiger partial charge in [-0.3, -0.25) is 9.52 Å². The lowest BCUT2D eigenvalue weighted by Gasteiger charge is -2.11. The highest BCUT2D eigenvalue weighted by molar-refractivity contribution is 7.92. The number of hydrogen-bond donors (Lipinski definition) is 2. The molecule has 1 amide bonds. The van der Waals surface area contributed by atoms with Gasteiger partial charge >= 0.3 is 0 Å². The lowest BCUT2D eigenvalue weighted by molar-refractivity contribution is 0.102. The Morgan fingerprint density at radius 2 is 1.74 bits per heavy atom. The summed E-state index contributed by atoms with van der Waals surface area (Å²) >= 11 is 0. The highest BCUT2D eigenvalue weighted by atomic mass is 32.2. The number of carbonyl (C=O) groups excluding carboxylic acids is 1. The highest BCUT2D eigenvalue weighted by Gasteiger charge is 2.12. The van der Waals surface area contributed by atoms with Crippen LogP contribution in [0, 0.1) is 19.7 Å². The van der Waals surface area contributed by atoms with E-state index in [1.54, 1.807) is 32.0 Å². The Morgan fingerprint density at radius 1 is 1.04 bits per heavy atom. The first kappa shape index (κ1) is 17.0. The van der Waals surface area contributed by atoms with Crippen LogP contribution in [0.2, 0.25) is 0 Å². The smallest absolute Gasteiger partial charge is 0.255 e. The number of sulfonamides is 1. The summed E-state index contributed by atoms with van der Waals surface area (Å²) in [6.07, 6.45) is 1.03. The second-order valence-electron chi connectivity index (χ2n) is 5.34. The zero-order valence-corrected chi connectivity index (χ0v) is 13.8. The van der Waals surface area contributed by atoms with Crippen LogP contribution in [0.5, 0.6) is 0 Å². The van der Waals surface area contributed by atoms with Crippen LogP contribution in [0.3, 0.4) is 0 Å². The molecule has 2 rings (SSSR count). The molecule has 0 saturated carbocycles. The zero-order valence-electron chi connectivity index (χ0n) is 13.0. The minimum atomic E-state index is -3.46. The summed E-state index contributed by atoms with van der Waals surface area (Å²) in [7, 11) is -3.46. The van der Waals surface area contributed by atoms with E-state index in [1.165, 1.54) is 18.2 Å². The molecule has 2 N–H and O–H groups in total. The van der Waals surface area contributed by atoms with Gasteiger partial charge < -0.3 is 5.32 Å². The van der Waals surface area contributed by atoms with Gasteiger partial charge in [-0.25, -0.2) is 12.8 Å². The molecule has 0 unspecified atom stereocenters. The van der Waals surface area contributed by atoms with Crippen molar-refractivity contribution in [2.45, 2.75) is 13.8 Å². The standard InChI is InChI=1S/C16H17FN2O3S/c1-10-4-7-13(17)15(8-10)18-16(20)12-6-5-11(2)14(9-12)19-23(3,21)22/h4-9,19H,1-3H3,(H,18,20). The lowest BCUT2D eigenvalue weighted by Crippen LogP contribution is -2.15. The fourth-order valence-corrected chi connectivity index (χ4v) is 2.62. The van der Waals surface area contributed by atoms with E-state index in [0.717, 1.165) is 11.8 Å². The van der Waals surface area contributed by atoms with Gasteiger partial charge in [0.15, 0.2) is 0 Å². The molecule has 0 spiro atoms. The van der Waals surface area contributed by atoms with Crippen LogP contribution in [0.4, 0.5) is 15.8 Å². The van der Waals surface area contributed by atoms with Crippen LogP contribution < -0.4 is 10.0 Å². The first-order valence-electron chi connectivity index (χ1n) is 6.81. The Kier molecular flexibility index (Phi) is 4.70. The number of aryl methyl sites for hydroxylation is 2. The number of nitrogens with one attached hydrogen (secondary N) is 2. The fourth-order valence-electron chi connectivity index (χ4n) is 2.00. The predicted molar refractivity (Wildman–Crippen MR) is 88.7 cm³/mol. The predicted octanol–water partition coefficient (Wildman–Crippen LogP) is 3.07. The molecule has 7 heteroatoms. The summed E-state index contributed by atoms with van der Waals surface area (Å²) in [6, 6.07) is 8.99. The summed E-state index contributed by atoms with van der Waals surface area (Å²) in [4.78, 5) is 12.3. The molecule has 0 heterocycles. The van der Waals surface area contributed by atoms with Crippen LogP contribution >= 0.6 is 0 Å². The van der Waals surface area contributed by atoms with Gasteiger partial charge in [-0.05, 0) is 49.2 Å². The average molecular weight is 336 g/mol. The molecule has 2 aromatic carbocycles. The zero-order chi connectivity index (χ0) is 17.2. The minimum Gasteiger partial charge on any atom is -0.319 e. The van der Waals surface area contributed by atoms with Crippen LogP contribution in [0.25, 0.3) is 0 Å². The van der Waals surface area contributed by atoms with Crippen molar-refractivity contribution in [1.82, 2.24) is 0 Å². The third kappa shape index (κ3) is 4.53. The van der Waals surface area contributed by atoms with Gasteiger partial charge in [0.2, 0.25) is 10.0 Å². The molecular weight excluding hydrogens is 319 g/mol. The van der Waals surface area contributed by atoms with Crippen LogP contribution in [-0.4, -0.2) is 20.6 Å². The largest absolute Gasteiger partial charge is 0.319 e. The van der Waals surface area contributed by atoms with Crippen molar-refractivity contribution in [3.05, 3.63) is 58.9 Å². The minimum absolute atomic E-state index is 0.0770. The van der Waals surface area contributed by atoms with Gasteiger partial charge in [0.05, 0.1) is 17.6 Å². The Hall–Kier alpha value is -2.41. The summed E-state index contributed by atoms with van der Waals surface area (Å²) < 4.78 is 38.7. The normalized spacial score (nSPS) is 11.1. The molecule has 0 fully saturated rings.